The van der Waals surface area contributed by atoms with Crippen LogP contribution in [0.15, 0.2) is 34.3 Å². The fourth-order valence-electron chi connectivity index (χ4n) is 5.08. The van der Waals surface area contributed by atoms with Gasteiger partial charge >= 0.3 is 0 Å². The molecule has 0 saturated heterocycles. The molecule has 2 atom stereocenters. The summed E-state index contributed by atoms with van der Waals surface area (Å²) in [6, 6.07) is 7.62. The van der Waals surface area contributed by atoms with E-state index in [-0.39, 0.29) is 63.9 Å². The summed E-state index contributed by atoms with van der Waals surface area (Å²) in [6.45, 7) is 22.2. The molecule has 2 unspecified atom stereocenters. The molecule has 0 heterocycles. The second-order valence-electron chi connectivity index (χ2n) is 14.7. The maximum atomic E-state index is 11.2. The Labute approximate surface area is 283 Å². The van der Waals surface area contributed by atoms with Gasteiger partial charge in [0.2, 0.25) is 0 Å². The van der Waals surface area contributed by atoms with Gasteiger partial charge < -0.3 is 32.1 Å². The third kappa shape index (κ3) is 11.3. The van der Waals surface area contributed by atoms with E-state index in [0.717, 1.165) is 48.3 Å². The first kappa shape index (κ1) is 39.8. The predicted octanol–water partition coefficient (Wildman–Crippen LogP) is 5.61. The van der Waals surface area contributed by atoms with E-state index < -0.39 is 0 Å². The number of ether oxygens (including phenoxy) is 2. The second-order valence-corrected chi connectivity index (χ2v) is 14.7. The van der Waals surface area contributed by atoms with E-state index in [1.54, 1.807) is 12.4 Å². The van der Waals surface area contributed by atoms with Crippen molar-refractivity contribution in [3.05, 3.63) is 46.5 Å². The minimum Gasteiger partial charge on any atom is -1.00 e. The minimum absolute atomic E-state index is 0. The SMILES string of the molecule is CC(C)COc1cc(C=NC2CCCCC2N=Cc2cc(OCC(C)C)cc(C(C)(C)C)c2O)c(O)c(C(C)(C)C)c1.[Cl-].[Mn]. The normalized spacial score (nSPS) is 17.6. The summed E-state index contributed by atoms with van der Waals surface area (Å²) in [6.07, 6.45) is 7.60. The van der Waals surface area contributed by atoms with Crippen LogP contribution in [0.4, 0.5) is 0 Å². The Hall–Kier alpha value is -2.21. The quantitative estimate of drug-likeness (QED) is 0.255. The number of rotatable bonds is 10. The maximum Gasteiger partial charge on any atom is 0.128 e. The van der Waals surface area contributed by atoms with Crippen molar-refractivity contribution in [2.75, 3.05) is 13.2 Å². The van der Waals surface area contributed by atoms with Gasteiger partial charge in [-0.2, -0.15) is 0 Å². The third-order valence-electron chi connectivity index (χ3n) is 7.51. The van der Waals surface area contributed by atoms with Crippen LogP contribution >= 0.6 is 0 Å². The number of hydrogen-bond acceptors (Lipinski definition) is 6. The van der Waals surface area contributed by atoms with E-state index in [1.165, 1.54) is 0 Å². The van der Waals surface area contributed by atoms with Crippen molar-refractivity contribution in [2.45, 2.75) is 118 Å². The molecule has 2 aromatic rings. The molecule has 1 aliphatic rings. The Morgan fingerprint density at radius 1 is 0.705 bits per heavy atom. The number of phenols is 2. The summed E-state index contributed by atoms with van der Waals surface area (Å²) in [5.41, 5.74) is 2.52. The largest absolute Gasteiger partial charge is 1.00 e. The average Bonchev–Trinajstić information content (AvgIpc) is 2.89. The number of benzene rings is 2. The van der Waals surface area contributed by atoms with Gasteiger partial charge in [-0.15, -0.1) is 0 Å². The van der Waals surface area contributed by atoms with Crippen LogP contribution < -0.4 is 21.9 Å². The molecular weight excluding hydrogens is 615 g/mol. The van der Waals surface area contributed by atoms with E-state index in [1.807, 2.05) is 24.3 Å². The summed E-state index contributed by atoms with van der Waals surface area (Å²) in [5.74, 6) is 2.78. The van der Waals surface area contributed by atoms with Crippen LogP contribution in [0.2, 0.25) is 0 Å². The summed E-state index contributed by atoms with van der Waals surface area (Å²) in [5, 5.41) is 22.4. The Balaban J connectivity index is 0.00000484. The first-order chi connectivity index (χ1) is 19.6. The van der Waals surface area contributed by atoms with Gasteiger partial charge in [0.25, 0.3) is 0 Å². The standard InChI is InChI=1S/C36H54N2O4.ClH.Mn/c1-23(2)21-41-27-15-25(33(39)29(17-27)35(5,6)7)19-37-31-13-11-12-14-32(31)38-20-26-16-28(42-22-24(3)4)18-30(34(26)40)36(8,9)10;;/h15-20,23-24,31-32,39-40H,11-14,21-22H2,1-10H3;1H;/p-1. The van der Waals surface area contributed by atoms with Crippen molar-refractivity contribution >= 4 is 12.4 Å². The van der Waals surface area contributed by atoms with Gasteiger partial charge in [0.15, 0.2) is 0 Å². The van der Waals surface area contributed by atoms with E-state index in [4.69, 9.17) is 19.5 Å². The molecule has 44 heavy (non-hydrogen) atoms. The van der Waals surface area contributed by atoms with Gasteiger partial charge in [0.1, 0.15) is 23.0 Å². The van der Waals surface area contributed by atoms with Crippen molar-refractivity contribution in [2.24, 2.45) is 21.8 Å². The summed E-state index contributed by atoms with van der Waals surface area (Å²) >= 11 is 0. The zero-order valence-corrected chi connectivity index (χ0v) is 30.3. The molecule has 1 fully saturated rings. The van der Waals surface area contributed by atoms with Crippen LogP contribution in [0.25, 0.3) is 0 Å². The Bertz CT molecular complexity index is 1160. The van der Waals surface area contributed by atoms with Gasteiger partial charge in [-0.05, 0) is 59.8 Å². The molecule has 0 aliphatic heterocycles. The number of phenolic OH excluding ortho intramolecular Hbond substituents is 2. The minimum atomic E-state index is -0.247. The van der Waals surface area contributed by atoms with Crippen molar-refractivity contribution in [3.63, 3.8) is 0 Å². The van der Waals surface area contributed by atoms with Crippen molar-refractivity contribution < 1.29 is 49.2 Å². The first-order valence-corrected chi connectivity index (χ1v) is 15.6. The van der Waals surface area contributed by atoms with Gasteiger partial charge in [0.05, 0.1) is 25.3 Å². The summed E-state index contributed by atoms with van der Waals surface area (Å²) < 4.78 is 12.1. The molecule has 3 rings (SSSR count). The van der Waals surface area contributed by atoms with E-state index in [9.17, 15) is 10.2 Å². The Morgan fingerprint density at radius 2 is 1.05 bits per heavy atom. The van der Waals surface area contributed by atoms with E-state index >= 15 is 0 Å². The van der Waals surface area contributed by atoms with Gasteiger partial charge in [0, 0.05) is 51.8 Å². The molecule has 0 bridgehead atoms. The Morgan fingerprint density at radius 3 is 1.34 bits per heavy atom. The number of halogens is 1. The number of nitrogens with zero attached hydrogens (tertiary/aromatic N) is 2. The second kappa shape index (κ2) is 16.9. The average molecular weight is 669 g/mol. The first-order valence-electron chi connectivity index (χ1n) is 15.6. The van der Waals surface area contributed by atoms with Crippen molar-refractivity contribution in [1.82, 2.24) is 0 Å². The van der Waals surface area contributed by atoms with Crippen LogP contribution in [-0.4, -0.2) is 47.9 Å². The van der Waals surface area contributed by atoms with Gasteiger partial charge in [-0.3, -0.25) is 9.98 Å². The van der Waals surface area contributed by atoms with E-state index in [2.05, 4.69) is 69.2 Å². The number of aliphatic imine (C=N–C) groups is 2. The van der Waals surface area contributed by atoms with E-state index in [0.29, 0.717) is 36.2 Å². The fourth-order valence-corrected chi connectivity index (χ4v) is 5.08. The number of hydrogen-bond donors (Lipinski definition) is 2. The molecule has 8 heteroatoms. The molecule has 1 aliphatic carbocycles. The number of aromatic hydroxyl groups is 2. The fraction of sp³-hybridized carbons (Fsp3) is 0.611. The predicted molar refractivity (Wildman–Crippen MR) is 176 cm³/mol. The summed E-state index contributed by atoms with van der Waals surface area (Å²) in [4.78, 5) is 9.94. The molecule has 0 spiro atoms. The molecular formula is C36H54ClMnN2O4-. The molecule has 1 radical (unpaired) electrons. The van der Waals surface area contributed by atoms with Crippen LogP contribution in [0, 0.1) is 11.8 Å². The molecule has 6 nitrogen and oxygen atoms in total. The molecule has 0 amide bonds. The smallest absolute Gasteiger partial charge is 0.128 e. The van der Waals surface area contributed by atoms with Crippen molar-refractivity contribution in [3.8, 4) is 23.0 Å². The monoisotopic (exact) mass is 668 g/mol. The van der Waals surface area contributed by atoms with Crippen LogP contribution in [-0.2, 0) is 27.9 Å². The molecule has 1 saturated carbocycles. The third-order valence-corrected chi connectivity index (χ3v) is 7.51. The maximum absolute atomic E-state index is 11.2. The summed E-state index contributed by atoms with van der Waals surface area (Å²) in [7, 11) is 0. The Kier molecular flexibility index (Phi) is 15.3. The molecule has 0 aromatic heterocycles. The molecule has 2 N–H and O–H groups in total. The molecule has 2 aromatic carbocycles. The topological polar surface area (TPSA) is 83.6 Å². The van der Waals surface area contributed by atoms with Gasteiger partial charge in [-0.25, -0.2) is 0 Å². The van der Waals surface area contributed by atoms with Gasteiger partial charge in [-0.1, -0.05) is 82.1 Å². The van der Waals surface area contributed by atoms with Crippen LogP contribution in [0.3, 0.4) is 0 Å². The zero-order chi connectivity index (χ0) is 31.2. The van der Waals surface area contributed by atoms with Crippen molar-refractivity contribution in [1.29, 1.82) is 0 Å². The zero-order valence-electron chi connectivity index (χ0n) is 28.4. The van der Waals surface area contributed by atoms with Crippen LogP contribution in [0.5, 0.6) is 23.0 Å². The molecule has 247 valence electrons. The van der Waals surface area contributed by atoms with Crippen LogP contribution in [0.1, 0.15) is 117 Å².